The van der Waals surface area contributed by atoms with Gasteiger partial charge in [0, 0.05) is 30.1 Å². The number of nitrogens with zero attached hydrogens (tertiary/aromatic N) is 2. The van der Waals surface area contributed by atoms with Gasteiger partial charge in [0.1, 0.15) is 0 Å². The number of amides is 1. The number of aromatic amines is 1. The Bertz CT molecular complexity index is 735. The summed E-state index contributed by atoms with van der Waals surface area (Å²) < 4.78 is 0. The van der Waals surface area contributed by atoms with Crippen LogP contribution in [0.4, 0.5) is 0 Å². The van der Waals surface area contributed by atoms with E-state index in [1.807, 2.05) is 26.0 Å². The van der Waals surface area contributed by atoms with Gasteiger partial charge in [-0.15, -0.1) is 0 Å². The molecule has 0 bridgehead atoms. The predicted molar refractivity (Wildman–Crippen MR) is 104 cm³/mol. The molecule has 1 aliphatic rings. The van der Waals surface area contributed by atoms with Crippen LogP contribution < -0.4 is 5.32 Å². The Kier molecular flexibility index (Phi) is 6.33. The third-order valence-electron chi connectivity index (χ3n) is 5.27. The molecule has 5 nitrogen and oxygen atoms in total. The Balaban J connectivity index is 1.57. The van der Waals surface area contributed by atoms with Crippen molar-refractivity contribution in [2.24, 2.45) is 0 Å². The second-order valence-corrected chi connectivity index (χ2v) is 7.47. The van der Waals surface area contributed by atoms with Crippen LogP contribution in [0.5, 0.6) is 0 Å². The van der Waals surface area contributed by atoms with Gasteiger partial charge in [-0.1, -0.05) is 23.7 Å². The lowest BCUT2D eigenvalue weighted by Gasteiger charge is -2.28. The number of carbonyl (C=O) groups is 1. The average Bonchev–Trinajstić information content (AvgIpc) is 3.27. The quantitative estimate of drug-likeness (QED) is 0.778. The summed E-state index contributed by atoms with van der Waals surface area (Å²) in [7, 11) is 0. The van der Waals surface area contributed by atoms with Crippen molar-refractivity contribution in [3.8, 4) is 0 Å². The van der Waals surface area contributed by atoms with E-state index in [1.54, 1.807) is 0 Å². The van der Waals surface area contributed by atoms with Crippen molar-refractivity contribution in [2.75, 3.05) is 19.6 Å². The first-order valence-corrected chi connectivity index (χ1v) is 9.69. The van der Waals surface area contributed by atoms with Crippen LogP contribution >= 0.6 is 11.6 Å². The Labute approximate surface area is 160 Å². The molecule has 140 valence electrons. The minimum Gasteiger partial charge on any atom is -0.354 e. The first kappa shape index (κ1) is 18.9. The third-order valence-corrected chi connectivity index (χ3v) is 5.52. The van der Waals surface area contributed by atoms with Gasteiger partial charge in [-0.05, 0) is 63.0 Å². The number of aryl methyl sites for hydroxylation is 2. The van der Waals surface area contributed by atoms with E-state index in [4.69, 9.17) is 11.6 Å². The minimum absolute atomic E-state index is 0.0724. The van der Waals surface area contributed by atoms with Crippen molar-refractivity contribution < 1.29 is 4.79 Å². The zero-order valence-electron chi connectivity index (χ0n) is 15.5. The van der Waals surface area contributed by atoms with Crippen molar-refractivity contribution >= 4 is 17.5 Å². The molecule has 0 radical (unpaired) electrons. The number of nitrogens with one attached hydrogen (secondary N) is 2. The molecule has 1 saturated heterocycles. The normalized spacial score (nSPS) is 16.0. The largest absolute Gasteiger partial charge is 0.354 e. The number of carbonyl (C=O) groups excluding carboxylic acids is 1. The topological polar surface area (TPSA) is 61.0 Å². The zero-order chi connectivity index (χ0) is 18.5. The van der Waals surface area contributed by atoms with Crippen LogP contribution in [-0.4, -0.2) is 40.6 Å². The van der Waals surface area contributed by atoms with E-state index in [9.17, 15) is 4.79 Å². The maximum Gasteiger partial charge on any atom is 0.220 e. The van der Waals surface area contributed by atoms with Gasteiger partial charge in [-0.25, -0.2) is 0 Å². The van der Waals surface area contributed by atoms with Crippen LogP contribution in [0, 0.1) is 13.8 Å². The molecule has 3 rings (SSSR count). The van der Waals surface area contributed by atoms with E-state index in [-0.39, 0.29) is 11.9 Å². The molecule has 0 saturated carbocycles. The van der Waals surface area contributed by atoms with E-state index in [0.29, 0.717) is 19.4 Å². The molecule has 0 aliphatic carbocycles. The van der Waals surface area contributed by atoms with Gasteiger partial charge in [0.2, 0.25) is 5.91 Å². The first-order valence-electron chi connectivity index (χ1n) is 9.31. The molecule has 1 aromatic heterocycles. The number of aromatic nitrogens is 2. The number of halogens is 1. The van der Waals surface area contributed by atoms with Crippen LogP contribution in [0.15, 0.2) is 24.3 Å². The fourth-order valence-corrected chi connectivity index (χ4v) is 3.63. The lowest BCUT2D eigenvalue weighted by molar-refractivity contribution is -0.121. The van der Waals surface area contributed by atoms with Gasteiger partial charge in [-0.2, -0.15) is 5.10 Å². The average molecular weight is 375 g/mol. The lowest BCUT2D eigenvalue weighted by atomic mass is 10.1. The van der Waals surface area contributed by atoms with Gasteiger partial charge in [0.15, 0.2) is 0 Å². The number of H-pyrrole nitrogens is 1. The van der Waals surface area contributed by atoms with Crippen LogP contribution in [0.3, 0.4) is 0 Å². The summed E-state index contributed by atoms with van der Waals surface area (Å²) in [6.45, 7) is 6.82. The number of benzene rings is 1. The first-order chi connectivity index (χ1) is 12.5. The Morgan fingerprint density at radius 1 is 1.27 bits per heavy atom. The highest BCUT2D eigenvalue weighted by Crippen LogP contribution is 2.25. The maximum atomic E-state index is 12.4. The van der Waals surface area contributed by atoms with Crippen LogP contribution in [0.25, 0.3) is 0 Å². The standard InChI is InChI=1S/C20H27ClN4O/c1-14-15(2)23-24-18(14)9-10-20(26)22-13-19(25-11-3-4-12-25)16-5-7-17(21)8-6-16/h5-8,19H,3-4,9-13H2,1-2H3,(H,22,26)(H,23,24)/t19-/m0/s1. The summed E-state index contributed by atoms with van der Waals surface area (Å²) in [5.41, 5.74) is 4.40. The van der Waals surface area contributed by atoms with Gasteiger partial charge in [-0.3, -0.25) is 14.8 Å². The monoisotopic (exact) mass is 374 g/mol. The lowest BCUT2D eigenvalue weighted by Crippen LogP contribution is -2.36. The fraction of sp³-hybridized carbons (Fsp3) is 0.500. The minimum atomic E-state index is 0.0724. The summed E-state index contributed by atoms with van der Waals surface area (Å²) >= 11 is 6.03. The van der Waals surface area contributed by atoms with Gasteiger partial charge < -0.3 is 5.32 Å². The van der Waals surface area contributed by atoms with Crippen LogP contribution in [0.2, 0.25) is 5.02 Å². The van der Waals surface area contributed by atoms with Gasteiger partial charge >= 0.3 is 0 Å². The molecule has 1 amide bonds. The molecule has 2 heterocycles. The van der Waals surface area contributed by atoms with E-state index < -0.39 is 0 Å². The second-order valence-electron chi connectivity index (χ2n) is 7.03. The van der Waals surface area contributed by atoms with Crippen molar-refractivity contribution in [1.29, 1.82) is 0 Å². The van der Waals surface area contributed by atoms with Crippen molar-refractivity contribution in [2.45, 2.75) is 45.6 Å². The molecule has 1 atom stereocenters. The molecular formula is C20H27ClN4O. The summed E-state index contributed by atoms with van der Waals surface area (Å²) in [5, 5.41) is 11.1. The second kappa shape index (κ2) is 8.69. The van der Waals surface area contributed by atoms with Gasteiger partial charge in [0.05, 0.1) is 11.7 Å². The van der Waals surface area contributed by atoms with Crippen molar-refractivity contribution in [3.63, 3.8) is 0 Å². The molecular weight excluding hydrogens is 348 g/mol. The van der Waals surface area contributed by atoms with E-state index in [0.717, 1.165) is 35.1 Å². The molecule has 0 unspecified atom stereocenters. The Morgan fingerprint density at radius 3 is 2.58 bits per heavy atom. The molecule has 1 aliphatic heterocycles. The number of hydrogen-bond donors (Lipinski definition) is 2. The summed E-state index contributed by atoms with van der Waals surface area (Å²) in [6, 6.07) is 8.17. The molecule has 2 N–H and O–H groups in total. The summed E-state index contributed by atoms with van der Waals surface area (Å²) in [4.78, 5) is 14.8. The molecule has 1 fully saturated rings. The highest BCUT2D eigenvalue weighted by molar-refractivity contribution is 6.30. The summed E-state index contributed by atoms with van der Waals surface area (Å²) in [6.07, 6.45) is 3.56. The SMILES string of the molecule is Cc1[nH]nc(CCC(=O)NC[C@@H](c2ccc(Cl)cc2)N2CCCC2)c1C. The number of rotatable bonds is 7. The number of likely N-dealkylation sites (tertiary alicyclic amines) is 1. The highest BCUT2D eigenvalue weighted by Gasteiger charge is 2.24. The fourth-order valence-electron chi connectivity index (χ4n) is 3.51. The molecule has 1 aromatic carbocycles. The molecule has 6 heteroatoms. The zero-order valence-corrected chi connectivity index (χ0v) is 16.3. The van der Waals surface area contributed by atoms with Crippen molar-refractivity contribution in [1.82, 2.24) is 20.4 Å². The number of hydrogen-bond acceptors (Lipinski definition) is 3. The highest BCUT2D eigenvalue weighted by atomic mass is 35.5. The Morgan fingerprint density at radius 2 is 1.96 bits per heavy atom. The Hall–Kier alpha value is -1.85. The third kappa shape index (κ3) is 4.65. The summed E-state index contributed by atoms with van der Waals surface area (Å²) in [5.74, 6) is 0.0724. The van der Waals surface area contributed by atoms with E-state index in [2.05, 4.69) is 32.5 Å². The molecule has 2 aromatic rings. The molecule has 26 heavy (non-hydrogen) atoms. The van der Waals surface area contributed by atoms with Crippen molar-refractivity contribution in [3.05, 3.63) is 51.8 Å². The predicted octanol–water partition coefficient (Wildman–Crippen LogP) is 3.57. The van der Waals surface area contributed by atoms with Crippen LogP contribution in [-0.2, 0) is 11.2 Å². The van der Waals surface area contributed by atoms with E-state index in [1.165, 1.54) is 18.4 Å². The maximum absolute atomic E-state index is 12.4. The van der Waals surface area contributed by atoms with Gasteiger partial charge in [0.25, 0.3) is 0 Å². The smallest absolute Gasteiger partial charge is 0.220 e. The van der Waals surface area contributed by atoms with Crippen LogP contribution in [0.1, 0.15) is 47.8 Å². The molecule has 0 spiro atoms. The van der Waals surface area contributed by atoms with E-state index >= 15 is 0 Å².